The molecule has 2 nitrogen and oxygen atoms in total. The molecule has 0 fully saturated rings. The number of allylic oxidation sites excluding steroid dienone is 2. The fourth-order valence-corrected chi connectivity index (χ4v) is 8.82. The van der Waals surface area contributed by atoms with Gasteiger partial charge in [-0.15, -0.1) is 0 Å². The Kier molecular flexibility index (Phi) is 29.5. The van der Waals surface area contributed by atoms with Crippen LogP contribution in [0.15, 0.2) is 48.0 Å². The number of rotatable bonds is 35. The van der Waals surface area contributed by atoms with Crippen molar-refractivity contribution in [2.24, 2.45) is 0 Å². The fourth-order valence-electron chi connectivity index (χ4n) is 8.82. The molecule has 1 heterocycles. The Morgan fingerprint density at radius 1 is 0.351 bits per heavy atom. The first-order valence-corrected chi connectivity index (χ1v) is 24.7. The molecule has 2 aromatic carbocycles. The average Bonchev–Trinajstić information content (AvgIpc) is 3.53. The van der Waals surface area contributed by atoms with Crippen LogP contribution in [0.25, 0.3) is 16.9 Å². The van der Waals surface area contributed by atoms with Crippen molar-refractivity contribution in [3.05, 3.63) is 87.0 Å². The normalized spacial score (nSPS) is 12.8. The zero-order valence-electron chi connectivity index (χ0n) is 38.1. The van der Waals surface area contributed by atoms with E-state index in [0.717, 1.165) is 43.5 Å². The first kappa shape index (κ1) is 51.2. The smallest absolute Gasteiger partial charge is 0.210 e. The molecule has 3 heteroatoms. The van der Waals surface area contributed by atoms with Gasteiger partial charge in [0.05, 0.1) is 0 Å². The second-order valence-electron chi connectivity index (χ2n) is 17.7. The van der Waals surface area contributed by atoms with Gasteiger partial charge in [-0.1, -0.05) is 194 Å². The third-order valence-electron chi connectivity index (χ3n) is 12.3. The molecule has 0 aromatic heterocycles. The molecule has 0 N–H and O–H groups in total. The van der Waals surface area contributed by atoms with Crippen LogP contribution in [0.5, 0.6) is 0 Å². The minimum absolute atomic E-state index is 0. The van der Waals surface area contributed by atoms with Gasteiger partial charge in [0.2, 0.25) is 11.4 Å². The van der Waals surface area contributed by atoms with Crippen molar-refractivity contribution in [3.63, 3.8) is 0 Å². The number of aryl methyl sites for hydroxylation is 4. The first-order chi connectivity index (χ1) is 27.5. The molecule has 0 aliphatic carbocycles. The SMILES string of the molecule is CCCCCCCCCCc1cc(CCCCCCCCCC)cc(C2=C(CCCCCCCC)C=C(c3cc(CCCCC)cc(CCCCC)c3)[N+]2=[N-])c1.[Ni]. The minimum atomic E-state index is 0. The Morgan fingerprint density at radius 2 is 0.632 bits per heavy atom. The van der Waals surface area contributed by atoms with E-state index >= 15 is 0 Å². The van der Waals surface area contributed by atoms with Crippen LogP contribution in [0.3, 0.4) is 0 Å². The summed E-state index contributed by atoms with van der Waals surface area (Å²) in [6.07, 6.45) is 44.8. The Hall–Kier alpha value is -1.99. The molecule has 0 saturated carbocycles. The van der Waals surface area contributed by atoms with Gasteiger partial charge in [0.25, 0.3) is 0 Å². The van der Waals surface area contributed by atoms with Crippen molar-refractivity contribution in [1.82, 2.24) is 0 Å². The predicted molar refractivity (Wildman–Crippen MR) is 248 cm³/mol. The maximum Gasteiger partial charge on any atom is 0.210 e. The van der Waals surface area contributed by atoms with Crippen LogP contribution in [0.2, 0.25) is 0 Å². The first-order valence-electron chi connectivity index (χ1n) is 24.7. The van der Waals surface area contributed by atoms with Crippen molar-refractivity contribution in [2.75, 3.05) is 0 Å². The predicted octanol–water partition coefficient (Wildman–Crippen LogP) is 18.1. The zero-order valence-corrected chi connectivity index (χ0v) is 39.1. The Labute approximate surface area is 364 Å². The van der Waals surface area contributed by atoms with E-state index in [-0.39, 0.29) is 16.5 Å². The molecule has 0 bridgehead atoms. The summed E-state index contributed by atoms with van der Waals surface area (Å²) in [4.78, 5) is 0. The summed E-state index contributed by atoms with van der Waals surface area (Å²) in [5, 5.41) is 0. The summed E-state index contributed by atoms with van der Waals surface area (Å²) < 4.78 is 1.61. The van der Waals surface area contributed by atoms with E-state index < -0.39 is 0 Å². The van der Waals surface area contributed by atoms with Gasteiger partial charge < -0.3 is 5.53 Å². The maximum atomic E-state index is 12.4. The van der Waals surface area contributed by atoms with E-state index in [1.165, 1.54) is 219 Å². The second kappa shape index (κ2) is 32.8. The maximum absolute atomic E-state index is 12.4. The van der Waals surface area contributed by atoms with Gasteiger partial charge in [-0.05, 0) is 111 Å². The van der Waals surface area contributed by atoms with Gasteiger partial charge in [-0.25, -0.2) is 4.70 Å². The summed E-state index contributed by atoms with van der Waals surface area (Å²) in [6, 6.07) is 14.7. The van der Waals surface area contributed by atoms with Gasteiger partial charge in [0.1, 0.15) is 0 Å². The number of hydrogen-bond donors (Lipinski definition) is 0. The number of hydrogen-bond acceptors (Lipinski definition) is 0. The number of unbranched alkanes of at least 4 members (excludes halogenated alkanes) is 23. The Balaban J connectivity index is 0.0000112. The van der Waals surface area contributed by atoms with Gasteiger partial charge in [-0.3, -0.25) is 0 Å². The topological polar surface area (TPSA) is 25.3 Å². The molecule has 324 valence electrons. The average molecular weight is 824 g/mol. The number of benzene rings is 2. The molecule has 0 saturated heterocycles. The van der Waals surface area contributed by atoms with Gasteiger partial charge >= 0.3 is 0 Å². The Bertz CT molecular complexity index is 1350. The molecule has 1 aliphatic rings. The van der Waals surface area contributed by atoms with Crippen LogP contribution < -0.4 is 0 Å². The molecule has 0 amide bonds. The van der Waals surface area contributed by atoms with Crippen LogP contribution in [-0.4, -0.2) is 4.70 Å². The molecular formula is C54H88N2Ni. The number of nitrogens with zero attached hydrogens (tertiary/aromatic N) is 2. The third kappa shape index (κ3) is 20.7. The van der Waals surface area contributed by atoms with Crippen molar-refractivity contribution in [3.8, 4) is 0 Å². The molecule has 0 atom stereocenters. The van der Waals surface area contributed by atoms with E-state index in [4.69, 9.17) is 0 Å². The van der Waals surface area contributed by atoms with Crippen LogP contribution >= 0.6 is 0 Å². The fraction of sp³-hybridized carbons (Fsp3) is 0.704. The van der Waals surface area contributed by atoms with Crippen LogP contribution in [0.1, 0.15) is 254 Å². The van der Waals surface area contributed by atoms with Crippen molar-refractivity contribution < 1.29 is 21.2 Å². The molecule has 2 aromatic rings. The van der Waals surface area contributed by atoms with E-state index in [1.54, 1.807) is 4.70 Å². The minimum Gasteiger partial charge on any atom is -0.493 e. The molecule has 1 aliphatic heterocycles. The summed E-state index contributed by atoms with van der Waals surface area (Å²) in [5.41, 5.74) is 23.9. The van der Waals surface area contributed by atoms with Crippen molar-refractivity contribution >= 4 is 11.4 Å². The largest absolute Gasteiger partial charge is 0.493 e. The van der Waals surface area contributed by atoms with E-state index in [9.17, 15) is 5.53 Å². The molecule has 0 unspecified atom stereocenters. The summed E-state index contributed by atoms with van der Waals surface area (Å²) in [7, 11) is 0. The quantitative estimate of drug-likeness (QED) is 0.0376. The van der Waals surface area contributed by atoms with E-state index in [2.05, 4.69) is 77.1 Å². The zero-order chi connectivity index (χ0) is 40.1. The molecule has 0 radical (unpaired) electrons. The standard InChI is InChI=1S/C54H88N2.Ni/c1-6-11-16-19-22-24-26-31-36-48-40-49(37-32-27-25-23-20-17-12-7-2)44-52(43-48)54-50(38-33-28-21-18-13-8-3)45-53(56(54)55)51-41-46(34-29-14-9-4)39-47(42-51)35-30-15-10-5;/h39-45H,6-38H2,1-5H3;. The molecule has 3 rings (SSSR count). The summed E-state index contributed by atoms with van der Waals surface area (Å²) >= 11 is 0. The summed E-state index contributed by atoms with van der Waals surface area (Å²) in [5.74, 6) is 0. The molecular weight excluding hydrogens is 735 g/mol. The molecule has 0 spiro atoms. The van der Waals surface area contributed by atoms with Crippen LogP contribution in [0, 0.1) is 0 Å². The van der Waals surface area contributed by atoms with Gasteiger partial charge in [0, 0.05) is 39.3 Å². The monoisotopic (exact) mass is 823 g/mol. The second-order valence-corrected chi connectivity index (χ2v) is 17.7. The summed E-state index contributed by atoms with van der Waals surface area (Å²) in [6.45, 7) is 11.5. The molecule has 57 heavy (non-hydrogen) atoms. The van der Waals surface area contributed by atoms with E-state index in [1.807, 2.05) is 0 Å². The third-order valence-corrected chi connectivity index (χ3v) is 12.3. The van der Waals surface area contributed by atoms with Crippen LogP contribution in [0.4, 0.5) is 0 Å². The van der Waals surface area contributed by atoms with Crippen LogP contribution in [-0.2, 0) is 42.2 Å². The van der Waals surface area contributed by atoms with Gasteiger partial charge in [0.15, 0.2) is 0 Å². The van der Waals surface area contributed by atoms with Crippen molar-refractivity contribution in [1.29, 1.82) is 0 Å². The van der Waals surface area contributed by atoms with Gasteiger partial charge in [-0.2, -0.15) is 0 Å². The Morgan fingerprint density at radius 3 is 1.00 bits per heavy atom. The van der Waals surface area contributed by atoms with E-state index in [0.29, 0.717) is 0 Å². The van der Waals surface area contributed by atoms with Crippen molar-refractivity contribution in [2.45, 2.75) is 247 Å².